The Balaban J connectivity index is 2.02. The van der Waals surface area contributed by atoms with Gasteiger partial charge in [-0.1, -0.05) is 26.8 Å². The van der Waals surface area contributed by atoms with Gasteiger partial charge in [-0.15, -0.1) is 0 Å². The van der Waals surface area contributed by atoms with Gasteiger partial charge < -0.3 is 24.3 Å². The van der Waals surface area contributed by atoms with Crippen molar-refractivity contribution >= 4 is 5.91 Å². The third kappa shape index (κ3) is 9.50. The largest absolute Gasteiger partial charge is 0.493 e. The van der Waals surface area contributed by atoms with Crippen molar-refractivity contribution in [2.45, 2.75) is 58.5 Å². The van der Waals surface area contributed by atoms with Crippen LogP contribution < -0.4 is 14.8 Å². The van der Waals surface area contributed by atoms with E-state index >= 15 is 0 Å². The molecule has 1 aromatic rings. The summed E-state index contributed by atoms with van der Waals surface area (Å²) in [6.07, 6.45) is -4.48. The number of amides is 1. The Morgan fingerprint density at radius 1 is 1.09 bits per heavy atom. The molecule has 0 saturated carbocycles. The average Bonchev–Trinajstić information content (AvgIpc) is 3.55. The number of methoxy groups -OCH3 is 3. The molecule has 1 saturated heterocycles. The van der Waals surface area contributed by atoms with E-state index < -0.39 is 19.2 Å². The van der Waals surface area contributed by atoms with Crippen LogP contribution in [0.4, 0.5) is 13.2 Å². The number of quaternary nitrogens is 1. The summed E-state index contributed by atoms with van der Waals surface area (Å²) in [6.45, 7) is 8.67. The first-order valence-corrected chi connectivity index (χ1v) is 11.9. The lowest BCUT2D eigenvalue weighted by Gasteiger charge is -2.34. The summed E-state index contributed by atoms with van der Waals surface area (Å²) in [7, 11) is 4.64. The van der Waals surface area contributed by atoms with Crippen molar-refractivity contribution in [1.29, 1.82) is 0 Å². The van der Waals surface area contributed by atoms with Crippen molar-refractivity contribution in [2.75, 3.05) is 54.1 Å². The van der Waals surface area contributed by atoms with E-state index in [0.717, 1.165) is 25.1 Å². The van der Waals surface area contributed by atoms with Crippen molar-refractivity contribution in [2.24, 2.45) is 5.41 Å². The molecule has 1 aliphatic rings. The van der Waals surface area contributed by atoms with Crippen LogP contribution in [0.2, 0.25) is 0 Å². The molecule has 7 nitrogen and oxygen atoms in total. The van der Waals surface area contributed by atoms with Gasteiger partial charge in [0, 0.05) is 27.2 Å². The highest BCUT2D eigenvalue weighted by molar-refractivity contribution is 5.80. The van der Waals surface area contributed by atoms with Crippen molar-refractivity contribution in [3.8, 4) is 11.5 Å². The predicted octanol–water partition coefficient (Wildman–Crippen LogP) is 3.94. The highest BCUT2D eigenvalue weighted by Crippen LogP contribution is 2.35. The molecule has 35 heavy (non-hydrogen) atoms. The molecule has 0 aromatic heterocycles. The van der Waals surface area contributed by atoms with Gasteiger partial charge in [-0.05, 0) is 29.5 Å². The lowest BCUT2D eigenvalue weighted by Crippen LogP contribution is -2.53. The second kappa shape index (κ2) is 12.3. The summed E-state index contributed by atoms with van der Waals surface area (Å²) in [5.74, 6) is 0.604. The van der Waals surface area contributed by atoms with E-state index in [1.807, 2.05) is 6.07 Å². The number of alkyl halides is 3. The number of ether oxygens (including phenoxy) is 4. The summed E-state index contributed by atoms with van der Waals surface area (Å²) < 4.78 is 59.3. The molecular weight excluding hydrogens is 465 g/mol. The van der Waals surface area contributed by atoms with E-state index in [2.05, 4.69) is 26.1 Å². The topological polar surface area (TPSA) is 66.0 Å². The zero-order valence-electron chi connectivity index (χ0n) is 21.7. The van der Waals surface area contributed by atoms with Crippen LogP contribution >= 0.6 is 0 Å². The minimum atomic E-state index is -4.29. The Kier molecular flexibility index (Phi) is 10.2. The van der Waals surface area contributed by atoms with Crippen molar-refractivity contribution in [3.63, 3.8) is 0 Å². The van der Waals surface area contributed by atoms with Crippen LogP contribution in [0.5, 0.6) is 11.5 Å². The predicted molar refractivity (Wildman–Crippen MR) is 126 cm³/mol. The van der Waals surface area contributed by atoms with Crippen molar-refractivity contribution in [3.05, 3.63) is 23.8 Å². The number of carbonyl (C=O) groups excluding carboxylic acids is 1. The summed E-state index contributed by atoms with van der Waals surface area (Å²) >= 11 is 0. The third-order valence-corrected chi connectivity index (χ3v) is 6.19. The van der Waals surface area contributed by atoms with Crippen LogP contribution in [0.25, 0.3) is 0 Å². The maximum Gasteiger partial charge on any atom is 0.392 e. The number of benzene rings is 1. The number of hydrogen-bond donors (Lipinski definition) is 1. The molecule has 1 amide bonds. The first-order chi connectivity index (χ1) is 16.3. The zero-order chi connectivity index (χ0) is 26.3. The van der Waals surface area contributed by atoms with Crippen LogP contribution in [0.15, 0.2) is 18.2 Å². The number of nitrogens with zero attached hydrogens (tertiary/aromatic N) is 1. The van der Waals surface area contributed by atoms with Gasteiger partial charge in [-0.3, -0.25) is 9.28 Å². The highest BCUT2D eigenvalue weighted by atomic mass is 19.4. The highest BCUT2D eigenvalue weighted by Gasteiger charge is 2.54. The van der Waals surface area contributed by atoms with Gasteiger partial charge in [-0.2, -0.15) is 13.2 Å². The van der Waals surface area contributed by atoms with Crippen LogP contribution in [-0.4, -0.2) is 83.0 Å². The molecule has 1 aliphatic heterocycles. The number of carbonyl (C=O) groups is 1. The quantitative estimate of drug-likeness (QED) is 0.236. The van der Waals surface area contributed by atoms with E-state index in [-0.39, 0.29) is 29.4 Å². The summed E-state index contributed by atoms with van der Waals surface area (Å²) in [6, 6.07) is 4.91. The van der Waals surface area contributed by atoms with Gasteiger partial charge in [0.25, 0.3) is 5.91 Å². The van der Waals surface area contributed by atoms with E-state index in [1.54, 1.807) is 26.4 Å². The normalized spacial score (nSPS) is 16.2. The molecule has 1 N–H and O–H groups in total. The fourth-order valence-electron chi connectivity index (χ4n) is 4.12. The van der Waals surface area contributed by atoms with Gasteiger partial charge in [0.15, 0.2) is 17.5 Å². The fourth-order valence-corrected chi connectivity index (χ4v) is 4.12. The lowest BCUT2D eigenvalue weighted by atomic mass is 9.87. The number of halogens is 3. The fraction of sp³-hybridized carbons (Fsp3) is 0.720. The molecule has 2 rings (SSSR count). The molecule has 1 heterocycles. The average molecular weight is 506 g/mol. The second-order valence-electron chi connectivity index (χ2n) is 10.3. The van der Waals surface area contributed by atoms with E-state index in [4.69, 9.17) is 18.9 Å². The van der Waals surface area contributed by atoms with E-state index in [9.17, 15) is 18.0 Å². The molecule has 0 bridgehead atoms. The molecule has 200 valence electrons. The third-order valence-electron chi connectivity index (χ3n) is 6.19. The number of nitrogens with one attached hydrogen (secondary N) is 1. The summed E-state index contributed by atoms with van der Waals surface area (Å²) in [5.41, 5.74) is 0.791. The Morgan fingerprint density at radius 2 is 1.74 bits per heavy atom. The monoisotopic (exact) mass is 505 g/mol. The SMILES string of the molecule is COc1ccc(CCNC(=O)[C@@H](CC(C)(C)C)[N+]2(CC(OC)OC)CC2)cc1OCCC(F)(F)F. The molecule has 10 heteroatoms. The van der Waals surface area contributed by atoms with Crippen molar-refractivity contribution in [1.82, 2.24) is 5.32 Å². The minimum absolute atomic E-state index is 0.0152. The minimum Gasteiger partial charge on any atom is -0.493 e. The molecule has 0 spiro atoms. The summed E-state index contributed by atoms with van der Waals surface area (Å²) in [5, 5.41) is 3.06. The van der Waals surface area contributed by atoms with E-state index in [1.165, 1.54) is 7.11 Å². The van der Waals surface area contributed by atoms with Crippen LogP contribution in [-0.2, 0) is 20.7 Å². The smallest absolute Gasteiger partial charge is 0.392 e. The van der Waals surface area contributed by atoms with Crippen molar-refractivity contribution < 1.29 is 41.4 Å². The first-order valence-electron chi connectivity index (χ1n) is 11.9. The maximum atomic E-state index is 13.3. The Bertz CT molecular complexity index is 818. The van der Waals surface area contributed by atoms with Gasteiger partial charge in [0.05, 0.1) is 20.1 Å². The standard InChI is InChI=1S/C25H39F3N2O5/c1-24(2,3)16-19(30(12-13-30)17-22(33-5)34-6)23(31)29-11-9-18-7-8-20(32-4)21(15-18)35-14-10-25(26,27)28/h7-8,15,19,22H,9-14,16-17H2,1-6H3/p+1/t19-/m1/s1. The molecule has 0 unspecified atom stereocenters. The Labute approximate surface area is 206 Å². The Morgan fingerprint density at radius 3 is 2.26 bits per heavy atom. The molecule has 0 aliphatic carbocycles. The van der Waals surface area contributed by atoms with Crippen LogP contribution in [0, 0.1) is 5.41 Å². The van der Waals surface area contributed by atoms with Crippen LogP contribution in [0.1, 0.15) is 39.2 Å². The van der Waals surface area contributed by atoms with Gasteiger partial charge in [-0.25, -0.2) is 0 Å². The molecule has 1 aromatic carbocycles. The first kappa shape index (κ1) is 29.2. The number of hydrogen-bond acceptors (Lipinski definition) is 5. The second-order valence-corrected chi connectivity index (χ2v) is 10.3. The molecule has 1 fully saturated rings. The van der Waals surface area contributed by atoms with Gasteiger partial charge in [0.2, 0.25) is 6.29 Å². The molecule has 0 radical (unpaired) electrons. The zero-order valence-corrected chi connectivity index (χ0v) is 21.7. The molecular formula is C25H40F3N2O5+. The number of rotatable bonds is 14. The van der Waals surface area contributed by atoms with Gasteiger partial charge >= 0.3 is 6.18 Å². The lowest BCUT2D eigenvalue weighted by molar-refractivity contribution is -0.826. The summed E-state index contributed by atoms with van der Waals surface area (Å²) in [4.78, 5) is 13.3. The van der Waals surface area contributed by atoms with E-state index in [0.29, 0.717) is 29.7 Å². The maximum absolute atomic E-state index is 13.3. The Hall–Kier alpha value is -2.04. The van der Waals surface area contributed by atoms with Gasteiger partial charge in [0.1, 0.15) is 19.6 Å². The molecule has 1 atom stereocenters. The van der Waals surface area contributed by atoms with Crippen LogP contribution in [0.3, 0.4) is 0 Å².